The summed E-state index contributed by atoms with van der Waals surface area (Å²) in [5, 5.41) is 7.35. The number of hydrogen-bond acceptors (Lipinski definition) is 3. The van der Waals surface area contributed by atoms with Gasteiger partial charge in [-0.3, -0.25) is 5.41 Å². The summed E-state index contributed by atoms with van der Waals surface area (Å²) >= 11 is 0. The van der Waals surface area contributed by atoms with E-state index in [0.29, 0.717) is 5.82 Å². The summed E-state index contributed by atoms with van der Waals surface area (Å²) in [6.45, 7) is 0.188. The van der Waals surface area contributed by atoms with Crippen LogP contribution in [-0.4, -0.2) is 15.4 Å². The zero-order valence-electron chi connectivity index (χ0n) is 9.85. The first-order valence-electron chi connectivity index (χ1n) is 5.31. The summed E-state index contributed by atoms with van der Waals surface area (Å²) in [6, 6.07) is 4.32. The normalized spacial score (nSPS) is 10.3. The van der Waals surface area contributed by atoms with Gasteiger partial charge in [-0.1, -0.05) is 6.07 Å². The molecule has 0 atom stereocenters. The standard InChI is InChI=1S/C12H13FN4O/c1-17-6-5-16-10(17)7-18-9-4-2-3-8(13)11(9)12(14)15/h2-6H,7H2,1H3,(H3,14,15). The molecule has 94 valence electrons. The van der Waals surface area contributed by atoms with E-state index in [9.17, 15) is 4.39 Å². The number of nitrogens with two attached hydrogens (primary N) is 1. The van der Waals surface area contributed by atoms with Crippen molar-refractivity contribution in [2.75, 3.05) is 0 Å². The highest BCUT2D eigenvalue weighted by atomic mass is 19.1. The third kappa shape index (κ3) is 2.32. The molecule has 0 saturated heterocycles. The summed E-state index contributed by atoms with van der Waals surface area (Å²) in [4.78, 5) is 4.09. The molecule has 6 heteroatoms. The molecule has 2 rings (SSSR count). The Kier molecular flexibility index (Phi) is 3.27. The molecular weight excluding hydrogens is 235 g/mol. The van der Waals surface area contributed by atoms with Crippen LogP contribution in [0.5, 0.6) is 5.75 Å². The Morgan fingerprint density at radius 1 is 1.56 bits per heavy atom. The van der Waals surface area contributed by atoms with E-state index in [2.05, 4.69) is 4.98 Å². The predicted molar refractivity (Wildman–Crippen MR) is 65.0 cm³/mol. The number of nitrogens with zero attached hydrogens (tertiary/aromatic N) is 2. The lowest BCUT2D eigenvalue weighted by molar-refractivity contribution is 0.289. The molecule has 0 radical (unpaired) electrons. The van der Waals surface area contributed by atoms with Gasteiger partial charge < -0.3 is 15.0 Å². The Bertz CT molecular complexity index is 579. The van der Waals surface area contributed by atoms with Gasteiger partial charge in [0.15, 0.2) is 0 Å². The van der Waals surface area contributed by atoms with Crippen LogP contribution >= 0.6 is 0 Å². The van der Waals surface area contributed by atoms with Gasteiger partial charge in [0.25, 0.3) is 0 Å². The van der Waals surface area contributed by atoms with Crippen LogP contribution in [0.4, 0.5) is 4.39 Å². The van der Waals surface area contributed by atoms with E-state index in [-0.39, 0.29) is 23.8 Å². The van der Waals surface area contributed by atoms with E-state index in [1.165, 1.54) is 12.1 Å². The van der Waals surface area contributed by atoms with Crippen molar-refractivity contribution in [3.63, 3.8) is 0 Å². The number of nitrogen functional groups attached to an aromatic ring is 1. The highest BCUT2D eigenvalue weighted by Crippen LogP contribution is 2.21. The van der Waals surface area contributed by atoms with Crippen LogP contribution in [0.1, 0.15) is 11.4 Å². The van der Waals surface area contributed by atoms with Crippen molar-refractivity contribution < 1.29 is 9.13 Å². The van der Waals surface area contributed by atoms with Crippen molar-refractivity contribution in [1.29, 1.82) is 5.41 Å². The lowest BCUT2D eigenvalue weighted by Crippen LogP contribution is -2.15. The zero-order valence-corrected chi connectivity index (χ0v) is 9.85. The second-order valence-corrected chi connectivity index (χ2v) is 3.77. The van der Waals surface area contributed by atoms with Crippen molar-refractivity contribution >= 4 is 5.84 Å². The second kappa shape index (κ2) is 4.87. The first-order valence-corrected chi connectivity index (χ1v) is 5.31. The summed E-state index contributed by atoms with van der Waals surface area (Å²) in [5.41, 5.74) is 5.32. The molecule has 0 fully saturated rings. The third-order valence-electron chi connectivity index (χ3n) is 2.52. The van der Waals surface area contributed by atoms with Gasteiger partial charge in [0.2, 0.25) is 0 Å². The van der Waals surface area contributed by atoms with E-state index in [1.54, 1.807) is 23.0 Å². The summed E-state index contributed by atoms with van der Waals surface area (Å²) in [5.74, 6) is 0.0158. The van der Waals surface area contributed by atoms with Gasteiger partial charge in [0, 0.05) is 19.4 Å². The molecule has 0 amide bonds. The monoisotopic (exact) mass is 248 g/mol. The number of imidazole rings is 1. The fraction of sp³-hybridized carbons (Fsp3) is 0.167. The zero-order chi connectivity index (χ0) is 13.1. The topological polar surface area (TPSA) is 76.9 Å². The number of amidine groups is 1. The van der Waals surface area contributed by atoms with Crippen molar-refractivity contribution in [2.24, 2.45) is 12.8 Å². The van der Waals surface area contributed by atoms with Crippen molar-refractivity contribution in [2.45, 2.75) is 6.61 Å². The molecule has 0 aliphatic heterocycles. The van der Waals surface area contributed by atoms with Crippen molar-refractivity contribution in [3.8, 4) is 5.75 Å². The van der Waals surface area contributed by atoms with Crippen molar-refractivity contribution in [1.82, 2.24) is 9.55 Å². The first kappa shape index (κ1) is 12.1. The minimum atomic E-state index is -0.570. The Morgan fingerprint density at radius 2 is 2.33 bits per heavy atom. The molecule has 0 aliphatic carbocycles. The molecule has 0 unspecified atom stereocenters. The van der Waals surface area contributed by atoms with E-state index in [1.807, 2.05) is 7.05 Å². The third-order valence-corrected chi connectivity index (χ3v) is 2.52. The minimum absolute atomic E-state index is 0.0216. The number of benzene rings is 1. The second-order valence-electron chi connectivity index (χ2n) is 3.77. The van der Waals surface area contributed by atoms with Gasteiger partial charge >= 0.3 is 0 Å². The molecule has 0 aliphatic rings. The number of ether oxygens (including phenoxy) is 1. The van der Waals surface area contributed by atoms with Gasteiger partial charge in [-0.15, -0.1) is 0 Å². The molecular formula is C12H13FN4O. The van der Waals surface area contributed by atoms with E-state index >= 15 is 0 Å². The Hall–Kier alpha value is -2.37. The molecule has 2 aromatic rings. The molecule has 0 spiro atoms. The fourth-order valence-electron chi connectivity index (χ4n) is 1.56. The van der Waals surface area contributed by atoms with E-state index in [4.69, 9.17) is 15.9 Å². The van der Waals surface area contributed by atoms with Crippen molar-refractivity contribution in [3.05, 3.63) is 47.8 Å². The lowest BCUT2D eigenvalue weighted by atomic mass is 10.1. The highest BCUT2D eigenvalue weighted by Gasteiger charge is 2.13. The number of halogens is 1. The first-order chi connectivity index (χ1) is 8.59. The van der Waals surface area contributed by atoms with Crippen LogP contribution in [-0.2, 0) is 13.7 Å². The molecule has 1 heterocycles. The van der Waals surface area contributed by atoms with Gasteiger partial charge in [-0.2, -0.15) is 0 Å². The van der Waals surface area contributed by atoms with Crippen LogP contribution in [0.3, 0.4) is 0 Å². The van der Waals surface area contributed by atoms with E-state index < -0.39 is 5.82 Å². The number of nitrogens with one attached hydrogen (secondary N) is 1. The van der Waals surface area contributed by atoms with Gasteiger partial charge in [0.1, 0.15) is 29.8 Å². The maximum absolute atomic E-state index is 13.5. The average molecular weight is 248 g/mol. The van der Waals surface area contributed by atoms with Gasteiger partial charge in [-0.25, -0.2) is 9.37 Å². The largest absolute Gasteiger partial charge is 0.485 e. The number of rotatable bonds is 4. The quantitative estimate of drug-likeness (QED) is 0.634. The number of aryl methyl sites for hydroxylation is 1. The molecule has 5 nitrogen and oxygen atoms in total. The van der Waals surface area contributed by atoms with E-state index in [0.717, 1.165) is 0 Å². The Morgan fingerprint density at radius 3 is 2.94 bits per heavy atom. The molecule has 3 N–H and O–H groups in total. The minimum Gasteiger partial charge on any atom is -0.485 e. The molecule has 1 aromatic heterocycles. The smallest absolute Gasteiger partial charge is 0.146 e. The summed E-state index contributed by atoms with van der Waals surface area (Å²) < 4.78 is 20.8. The lowest BCUT2D eigenvalue weighted by Gasteiger charge is -2.11. The number of aromatic nitrogens is 2. The van der Waals surface area contributed by atoms with Crippen LogP contribution < -0.4 is 10.5 Å². The summed E-state index contributed by atoms with van der Waals surface area (Å²) in [6.07, 6.45) is 3.44. The Balaban J connectivity index is 2.22. The Labute approximate surface area is 104 Å². The SMILES string of the molecule is Cn1ccnc1COc1cccc(F)c1C(=N)N. The molecule has 1 aromatic carbocycles. The predicted octanol–water partition coefficient (Wildman–Crippen LogP) is 1.42. The highest BCUT2D eigenvalue weighted by molar-refractivity contribution is 5.97. The van der Waals surface area contributed by atoms with Crippen LogP contribution in [0.15, 0.2) is 30.6 Å². The maximum atomic E-state index is 13.5. The maximum Gasteiger partial charge on any atom is 0.146 e. The van der Waals surface area contributed by atoms with Crippen LogP contribution in [0.2, 0.25) is 0 Å². The summed E-state index contributed by atoms with van der Waals surface area (Å²) in [7, 11) is 1.84. The van der Waals surface area contributed by atoms with Gasteiger partial charge in [0.05, 0.1) is 5.56 Å². The van der Waals surface area contributed by atoms with Gasteiger partial charge in [-0.05, 0) is 12.1 Å². The molecule has 18 heavy (non-hydrogen) atoms. The van der Waals surface area contributed by atoms with Crippen LogP contribution in [0.25, 0.3) is 0 Å². The fourth-order valence-corrected chi connectivity index (χ4v) is 1.56. The molecule has 0 bridgehead atoms. The van der Waals surface area contributed by atoms with Crippen LogP contribution in [0, 0.1) is 11.2 Å². The average Bonchev–Trinajstić information content (AvgIpc) is 2.71. The number of hydrogen-bond donors (Lipinski definition) is 2. The molecule has 0 saturated carbocycles.